The summed E-state index contributed by atoms with van der Waals surface area (Å²) in [4.78, 5) is 49.0. The fraction of sp³-hybridized carbons (Fsp3) is 0.444. The Morgan fingerprint density at radius 3 is 0.950 bits per heavy atom. The number of esters is 2. The molecule has 0 unspecified atom stereocenters. The zero-order chi connectivity index (χ0) is 32.4. The third-order valence-corrected chi connectivity index (χ3v) is 4.14. The van der Waals surface area contributed by atoms with E-state index in [-0.39, 0.29) is 31.8 Å². The molecule has 0 aromatic heterocycles. The number of carbonyl (C=O) groups excluding carboxylic acids is 2. The summed E-state index contributed by atoms with van der Waals surface area (Å²) < 4.78 is 9.60. The molecule has 0 amide bonds. The van der Waals surface area contributed by atoms with Gasteiger partial charge in [0.05, 0.1) is 33.0 Å². The summed E-state index contributed by atoms with van der Waals surface area (Å²) in [5.74, 6) is -3.72. The number of aliphatic carboxylic acids is 3. The summed E-state index contributed by atoms with van der Waals surface area (Å²) >= 11 is 0. The Balaban J connectivity index is -0.000000143. The largest absolute Gasteiger partial charge is 0.478 e. The summed E-state index contributed by atoms with van der Waals surface area (Å²) in [6, 6.07) is 0. The molecule has 0 bridgehead atoms. The fourth-order valence-electron chi connectivity index (χ4n) is 1.51. The van der Waals surface area contributed by atoms with E-state index in [4.69, 9.17) is 40.1 Å². The second-order valence-electron chi connectivity index (χ2n) is 7.11. The minimum absolute atomic E-state index is 0.156. The van der Waals surface area contributed by atoms with Gasteiger partial charge >= 0.3 is 29.8 Å². The highest BCUT2D eigenvalue weighted by Gasteiger charge is 2.24. The molecule has 0 aromatic rings. The molecular weight excluding hydrogens is 532 g/mol. The SMILES string of the molecule is C=CC(=O)O.C=CC(=O)O.C=CC(=O)O.C=CC(=O)OCCCCCCOC(=O)C=C.CCC(CO)(CO)CO. The van der Waals surface area contributed by atoms with Crippen LogP contribution in [-0.2, 0) is 33.4 Å². The second kappa shape index (κ2) is 34.9. The van der Waals surface area contributed by atoms with E-state index in [1.807, 2.05) is 6.92 Å². The van der Waals surface area contributed by atoms with Crippen molar-refractivity contribution in [3.05, 3.63) is 63.3 Å². The van der Waals surface area contributed by atoms with Crippen LogP contribution < -0.4 is 0 Å². The van der Waals surface area contributed by atoms with E-state index >= 15 is 0 Å². The average molecular weight is 577 g/mol. The topological polar surface area (TPSA) is 225 Å². The van der Waals surface area contributed by atoms with Gasteiger partial charge in [0.1, 0.15) is 0 Å². The van der Waals surface area contributed by atoms with Crippen molar-refractivity contribution >= 4 is 29.8 Å². The lowest BCUT2D eigenvalue weighted by atomic mass is 9.88. The molecule has 0 aliphatic rings. The molecule has 6 N–H and O–H groups in total. The van der Waals surface area contributed by atoms with E-state index in [2.05, 4.69) is 32.9 Å². The summed E-state index contributed by atoms with van der Waals surface area (Å²) in [5.41, 5.74) is -0.667. The number of aliphatic hydroxyl groups is 3. The van der Waals surface area contributed by atoms with Gasteiger partial charge in [-0.05, 0) is 32.1 Å². The Hall–Kier alpha value is -4.07. The molecule has 40 heavy (non-hydrogen) atoms. The summed E-state index contributed by atoms with van der Waals surface area (Å²) in [7, 11) is 0. The number of carboxylic acids is 3. The number of carbonyl (C=O) groups is 5. The van der Waals surface area contributed by atoms with Crippen molar-refractivity contribution < 1.29 is 64.1 Å². The Bertz CT molecular complexity index is 667. The van der Waals surface area contributed by atoms with Gasteiger partial charge in [0.25, 0.3) is 0 Å². The fourth-order valence-corrected chi connectivity index (χ4v) is 1.51. The zero-order valence-electron chi connectivity index (χ0n) is 23.0. The van der Waals surface area contributed by atoms with Crippen molar-refractivity contribution in [1.82, 2.24) is 0 Å². The molecule has 13 heteroatoms. The van der Waals surface area contributed by atoms with Crippen molar-refractivity contribution in [1.29, 1.82) is 0 Å². The molecule has 0 heterocycles. The predicted octanol–water partition coefficient (Wildman–Crippen LogP) is 2.14. The third-order valence-electron chi connectivity index (χ3n) is 4.14. The minimum atomic E-state index is -0.981. The highest BCUT2D eigenvalue weighted by Crippen LogP contribution is 2.18. The van der Waals surface area contributed by atoms with Crippen LogP contribution in [0.3, 0.4) is 0 Å². The molecule has 0 aliphatic heterocycles. The smallest absolute Gasteiger partial charge is 0.330 e. The van der Waals surface area contributed by atoms with E-state index < -0.39 is 23.3 Å². The van der Waals surface area contributed by atoms with Gasteiger partial charge in [-0.25, -0.2) is 24.0 Å². The maximum Gasteiger partial charge on any atom is 0.330 e. The van der Waals surface area contributed by atoms with Gasteiger partial charge in [0, 0.05) is 35.8 Å². The van der Waals surface area contributed by atoms with E-state index in [1.54, 1.807) is 0 Å². The first-order chi connectivity index (χ1) is 18.8. The lowest BCUT2D eigenvalue weighted by Gasteiger charge is -2.24. The first-order valence-corrected chi connectivity index (χ1v) is 11.7. The maximum absolute atomic E-state index is 10.6. The molecule has 0 spiro atoms. The molecule has 0 rings (SSSR count). The van der Waals surface area contributed by atoms with Crippen molar-refractivity contribution in [3.8, 4) is 0 Å². The van der Waals surface area contributed by atoms with Crippen LogP contribution >= 0.6 is 0 Å². The van der Waals surface area contributed by atoms with Crippen LogP contribution in [-0.4, -0.2) is 93.5 Å². The number of rotatable bonds is 16. The van der Waals surface area contributed by atoms with E-state index in [0.29, 0.717) is 19.6 Å². The average Bonchev–Trinajstić information content (AvgIpc) is 2.96. The van der Waals surface area contributed by atoms with Gasteiger partial charge in [-0.1, -0.05) is 39.8 Å². The van der Waals surface area contributed by atoms with Crippen LogP contribution in [0.1, 0.15) is 39.0 Å². The van der Waals surface area contributed by atoms with Crippen LogP contribution in [0, 0.1) is 5.41 Å². The van der Waals surface area contributed by atoms with E-state index in [0.717, 1.165) is 56.1 Å². The van der Waals surface area contributed by atoms with Crippen LogP contribution in [0.5, 0.6) is 0 Å². The van der Waals surface area contributed by atoms with Gasteiger partial charge < -0.3 is 40.1 Å². The molecule has 230 valence electrons. The van der Waals surface area contributed by atoms with E-state index in [9.17, 15) is 24.0 Å². The Kier molecular flexibility index (Phi) is 40.0. The summed E-state index contributed by atoms with van der Waals surface area (Å²) in [6.45, 7) is 17.7. The van der Waals surface area contributed by atoms with Gasteiger partial charge in [-0.15, -0.1) is 0 Å². The van der Waals surface area contributed by atoms with E-state index in [1.165, 1.54) is 0 Å². The highest BCUT2D eigenvalue weighted by atomic mass is 16.5. The molecule has 0 radical (unpaired) electrons. The molecule has 0 fully saturated rings. The molecule has 0 atom stereocenters. The standard InChI is InChI=1S/C12H18O4.C6H14O3.3C3H4O2/c1-3-11(13)15-9-7-5-6-8-10-16-12(14)4-2;1-2-6(3-7,4-8)5-9;3*1-2-3(4)5/h3-4H,1-2,5-10H2;7-9H,2-5H2,1H3;3*2H,1H2,(H,4,5). The summed E-state index contributed by atoms with van der Waals surface area (Å²) in [6.07, 6.45) is 8.90. The van der Waals surface area contributed by atoms with Crippen molar-refractivity contribution in [2.45, 2.75) is 39.0 Å². The van der Waals surface area contributed by atoms with Crippen LogP contribution in [0.15, 0.2) is 63.3 Å². The number of ether oxygens (including phenoxy) is 2. The first kappa shape index (κ1) is 45.8. The Morgan fingerprint density at radius 1 is 0.575 bits per heavy atom. The number of hydrogen-bond acceptors (Lipinski definition) is 10. The zero-order valence-corrected chi connectivity index (χ0v) is 23.0. The minimum Gasteiger partial charge on any atom is -0.478 e. The molecule has 0 aromatic carbocycles. The number of carboxylic acid groups (broad SMARTS) is 3. The molecular formula is C27H44O13. The predicted molar refractivity (Wildman–Crippen MR) is 148 cm³/mol. The van der Waals surface area contributed by atoms with Gasteiger partial charge in [0.2, 0.25) is 0 Å². The molecule has 0 aliphatic carbocycles. The van der Waals surface area contributed by atoms with Crippen molar-refractivity contribution in [3.63, 3.8) is 0 Å². The van der Waals surface area contributed by atoms with Crippen LogP contribution in [0.2, 0.25) is 0 Å². The van der Waals surface area contributed by atoms with Crippen molar-refractivity contribution in [2.24, 2.45) is 5.41 Å². The van der Waals surface area contributed by atoms with Gasteiger partial charge in [-0.2, -0.15) is 0 Å². The lowest BCUT2D eigenvalue weighted by Crippen LogP contribution is -2.32. The molecule has 0 saturated heterocycles. The monoisotopic (exact) mass is 576 g/mol. The van der Waals surface area contributed by atoms with Gasteiger partial charge in [0.15, 0.2) is 0 Å². The number of unbranched alkanes of at least 4 members (excludes halogenated alkanes) is 3. The quantitative estimate of drug-likeness (QED) is 0.0880. The maximum atomic E-state index is 10.6. The van der Waals surface area contributed by atoms with Crippen molar-refractivity contribution in [2.75, 3.05) is 33.0 Å². The first-order valence-electron chi connectivity index (χ1n) is 11.7. The Morgan fingerprint density at radius 2 is 0.825 bits per heavy atom. The van der Waals surface area contributed by atoms with Crippen LogP contribution in [0.4, 0.5) is 0 Å². The molecule has 0 saturated carbocycles. The number of hydrogen-bond donors (Lipinski definition) is 6. The van der Waals surface area contributed by atoms with Crippen LogP contribution in [0.25, 0.3) is 0 Å². The third kappa shape index (κ3) is 44.0. The second-order valence-corrected chi connectivity index (χ2v) is 7.11. The normalized spacial score (nSPS) is 8.80. The molecule has 13 nitrogen and oxygen atoms in total. The summed E-state index contributed by atoms with van der Waals surface area (Å²) in [5, 5.41) is 48.8. The van der Waals surface area contributed by atoms with Gasteiger partial charge in [-0.3, -0.25) is 0 Å². The highest BCUT2D eigenvalue weighted by molar-refractivity contribution is 5.81. The Labute approximate surface area is 235 Å². The lowest BCUT2D eigenvalue weighted by molar-refractivity contribution is -0.139. The number of aliphatic hydroxyl groups excluding tert-OH is 3.